The number of nitrogens with zero attached hydrogens (tertiary/aromatic N) is 2. The van der Waals surface area contributed by atoms with Crippen LogP contribution in [0.2, 0.25) is 0 Å². The van der Waals surface area contributed by atoms with Gasteiger partial charge < -0.3 is 5.53 Å². The van der Waals surface area contributed by atoms with Crippen molar-refractivity contribution in [3.05, 3.63) is 86.5 Å². The van der Waals surface area contributed by atoms with Gasteiger partial charge in [0, 0.05) is 22.3 Å². The maximum absolute atomic E-state index is 12.5. The zero-order chi connectivity index (χ0) is 33.9. The van der Waals surface area contributed by atoms with Crippen molar-refractivity contribution in [2.45, 2.75) is 189 Å². The van der Waals surface area contributed by atoms with Gasteiger partial charge in [0.25, 0.3) is 0 Å². The number of rotatable bonds is 25. The van der Waals surface area contributed by atoms with Crippen LogP contribution in [-0.4, -0.2) is 4.70 Å². The second kappa shape index (κ2) is 22.2. The molecule has 3 rings (SSSR count). The van der Waals surface area contributed by atoms with Gasteiger partial charge in [0.2, 0.25) is 11.4 Å². The minimum Gasteiger partial charge on any atom is -0.493 e. The lowest BCUT2D eigenvalue weighted by Crippen LogP contribution is -2.05. The Morgan fingerprint density at radius 3 is 0.936 bits per heavy atom. The van der Waals surface area contributed by atoms with Crippen molar-refractivity contribution in [3.63, 3.8) is 0 Å². The smallest absolute Gasteiger partial charge is 0.211 e. The minimum absolute atomic E-state index is 1.03. The van der Waals surface area contributed by atoms with Gasteiger partial charge in [-0.3, -0.25) is 0 Å². The van der Waals surface area contributed by atoms with Crippen LogP contribution >= 0.6 is 0 Å². The lowest BCUT2D eigenvalue weighted by molar-refractivity contribution is -0.345. The topological polar surface area (TPSA) is 25.3 Å². The molecule has 0 unspecified atom stereocenters. The maximum atomic E-state index is 12.5. The van der Waals surface area contributed by atoms with E-state index >= 15 is 0 Å². The molecule has 0 atom stereocenters. The Hall–Kier alpha value is -2.48. The fourth-order valence-corrected chi connectivity index (χ4v) is 7.38. The van der Waals surface area contributed by atoms with Crippen LogP contribution in [0.15, 0.2) is 47.5 Å². The Kier molecular flexibility index (Phi) is 18.4. The Balaban J connectivity index is 2.19. The summed E-state index contributed by atoms with van der Waals surface area (Å²) in [6, 6.07) is 14.6. The van der Waals surface area contributed by atoms with E-state index in [1.807, 2.05) is 0 Å². The molecule has 2 nitrogen and oxygen atoms in total. The molecule has 260 valence electrons. The van der Waals surface area contributed by atoms with E-state index in [2.05, 4.69) is 77.9 Å². The average Bonchev–Trinajstić information content (AvgIpc) is 3.34. The molecule has 0 spiro atoms. The molecule has 47 heavy (non-hydrogen) atoms. The molecular formula is C45H70N2. The highest BCUT2D eigenvalue weighted by atomic mass is 15.2. The quantitative estimate of drug-likeness (QED) is 0.0764. The van der Waals surface area contributed by atoms with E-state index in [-0.39, 0.29) is 0 Å². The van der Waals surface area contributed by atoms with Crippen LogP contribution in [0.25, 0.3) is 16.9 Å². The zero-order valence-electron chi connectivity index (χ0n) is 31.6. The van der Waals surface area contributed by atoms with Crippen LogP contribution in [0.5, 0.6) is 0 Å². The van der Waals surface area contributed by atoms with E-state index in [4.69, 9.17) is 0 Å². The maximum Gasteiger partial charge on any atom is 0.211 e. The van der Waals surface area contributed by atoms with Gasteiger partial charge in [0.1, 0.15) is 0 Å². The molecule has 0 fully saturated rings. The molecule has 0 N–H and O–H groups in total. The molecule has 1 aliphatic heterocycles. The first-order valence-electron chi connectivity index (χ1n) is 20.2. The fourth-order valence-electron chi connectivity index (χ4n) is 7.38. The number of unbranched alkanes of at least 4 members (excludes halogenated alkanes) is 11. The third-order valence-corrected chi connectivity index (χ3v) is 10.1. The van der Waals surface area contributed by atoms with Crippen LogP contribution < -0.4 is 0 Å². The Morgan fingerprint density at radius 2 is 0.638 bits per heavy atom. The number of benzene rings is 2. The molecular weight excluding hydrogens is 569 g/mol. The van der Waals surface area contributed by atoms with Crippen molar-refractivity contribution in [1.29, 1.82) is 0 Å². The summed E-state index contributed by atoms with van der Waals surface area (Å²) in [5.41, 5.74) is 25.6. The molecule has 1 heterocycles. The molecule has 0 radical (unpaired) electrons. The lowest BCUT2D eigenvalue weighted by Gasteiger charge is -2.15. The van der Waals surface area contributed by atoms with Crippen molar-refractivity contribution < 1.29 is 4.70 Å². The normalized spacial score (nSPS) is 13.4. The van der Waals surface area contributed by atoms with Gasteiger partial charge in [-0.1, -0.05) is 124 Å². The monoisotopic (exact) mass is 639 g/mol. The lowest BCUT2D eigenvalue weighted by atomic mass is 9.90. The average molecular weight is 639 g/mol. The first-order valence-corrected chi connectivity index (χ1v) is 20.2. The molecule has 2 aromatic carbocycles. The molecule has 2 heteroatoms. The van der Waals surface area contributed by atoms with Crippen molar-refractivity contribution in [2.24, 2.45) is 0 Å². The third kappa shape index (κ3) is 12.2. The molecule has 0 saturated carbocycles. The highest BCUT2D eigenvalue weighted by Gasteiger charge is 2.35. The van der Waals surface area contributed by atoms with E-state index in [1.54, 1.807) is 4.70 Å². The Labute approximate surface area is 291 Å². The summed E-state index contributed by atoms with van der Waals surface area (Å²) in [6.45, 7) is 13.8. The molecule has 0 bridgehead atoms. The van der Waals surface area contributed by atoms with Crippen LogP contribution in [0.1, 0.15) is 197 Å². The second-order valence-corrected chi connectivity index (χ2v) is 14.4. The molecule has 0 amide bonds. The second-order valence-electron chi connectivity index (χ2n) is 14.4. The summed E-state index contributed by atoms with van der Waals surface area (Å²) >= 11 is 0. The number of allylic oxidation sites excluding steroid dienone is 2. The van der Waals surface area contributed by atoms with E-state index in [0.717, 1.165) is 62.8 Å². The molecule has 0 saturated heterocycles. The standard InChI is InChI=1S/C45H70N2/c1-7-13-19-24-36-30-37(25-20-14-8-2)33-40(32-36)44-42(28-18-12-6)43(29-23-17-11-5)45(47(44)46)41-34-38(26-21-15-9-3)31-39(35-41)27-22-16-10-4/h30-35H,7-29H2,1-6H3. The van der Waals surface area contributed by atoms with Gasteiger partial charge in [-0.05, 0) is 124 Å². The van der Waals surface area contributed by atoms with Crippen molar-refractivity contribution in [2.75, 3.05) is 0 Å². The summed E-state index contributed by atoms with van der Waals surface area (Å²) < 4.78 is 1.66. The van der Waals surface area contributed by atoms with Crippen molar-refractivity contribution in [3.8, 4) is 0 Å². The minimum atomic E-state index is 1.03. The highest BCUT2D eigenvalue weighted by molar-refractivity contribution is 5.82. The van der Waals surface area contributed by atoms with Gasteiger partial charge in [0.05, 0.1) is 0 Å². The van der Waals surface area contributed by atoms with Crippen molar-refractivity contribution in [1.82, 2.24) is 0 Å². The SMILES string of the molecule is CCCCCC1=C(c2cc(CCCCC)cc(CCCCC)c2)[N+](=[N-])C(c2cc(CCCCC)cc(CCCCC)c2)=C1CCCC. The van der Waals surface area contributed by atoms with Gasteiger partial charge in [-0.15, -0.1) is 0 Å². The van der Waals surface area contributed by atoms with Crippen LogP contribution in [-0.2, 0) is 25.7 Å². The summed E-state index contributed by atoms with van der Waals surface area (Å²) in [5, 5.41) is 0. The predicted octanol–water partition coefficient (Wildman–Crippen LogP) is 14.6. The van der Waals surface area contributed by atoms with Gasteiger partial charge in [-0.25, -0.2) is 4.70 Å². The Bertz CT molecular complexity index is 1240. The van der Waals surface area contributed by atoms with Gasteiger partial charge in [-0.2, -0.15) is 0 Å². The van der Waals surface area contributed by atoms with Crippen LogP contribution in [0.3, 0.4) is 0 Å². The number of aryl methyl sites for hydroxylation is 4. The van der Waals surface area contributed by atoms with Gasteiger partial charge >= 0.3 is 0 Å². The summed E-state index contributed by atoms with van der Waals surface area (Å²) in [4.78, 5) is 0. The Morgan fingerprint density at radius 1 is 0.362 bits per heavy atom. The number of hydrogen-bond acceptors (Lipinski definition) is 0. The summed E-state index contributed by atoms with van der Waals surface area (Å²) in [6.07, 6.45) is 27.5. The van der Waals surface area contributed by atoms with E-state index < -0.39 is 0 Å². The van der Waals surface area contributed by atoms with E-state index in [9.17, 15) is 5.53 Å². The van der Waals surface area contributed by atoms with Crippen LogP contribution in [0.4, 0.5) is 0 Å². The number of hydrogen-bond donors (Lipinski definition) is 0. The molecule has 2 aromatic rings. The largest absolute Gasteiger partial charge is 0.493 e. The first-order chi connectivity index (χ1) is 23.0. The van der Waals surface area contributed by atoms with Crippen LogP contribution in [0, 0.1) is 0 Å². The molecule has 0 aliphatic carbocycles. The summed E-state index contributed by atoms with van der Waals surface area (Å²) in [5.74, 6) is 0. The summed E-state index contributed by atoms with van der Waals surface area (Å²) in [7, 11) is 0. The van der Waals surface area contributed by atoms with Crippen molar-refractivity contribution >= 4 is 11.4 Å². The predicted molar refractivity (Wildman–Crippen MR) is 207 cm³/mol. The van der Waals surface area contributed by atoms with Gasteiger partial charge in [0.15, 0.2) is 0 Å². The zero-order valence-corrected chi connectivity index (χ0v) is 31.6. The fraction of sp³-hybridized carbons (Fsp3) is 0.644. The van der Waals surface area contributed by atoms with E-state index in [0.29, 0.717) is 0 Å². The molecule has 1 aliphatic rings. The van der Waals surface area contributed by atoms with E-state index in [1.165, 1.54) is 141 Å². The molecule has 0 aromatic heterocycles. The third-order valence-electron chi connectivity index (χ3n) is 10.1. The highest BCUT2D eigenvalue weighted by Crippen LogP contribution is 2.45. The first kappa shape index (κ1) is 39.0.